The summed E-state index contributed by atoms with van der Waals surface area (Å²) in [4.78, 5) is -0.507. The van der Waals surface area contributed by atoms with Crippen LogP contribution in [-0.2, 0) is 29.6 Å². The first-order chi connectivity index (χ1) is 16.0. The number of halogens is 4. The Labute approximate surface area is 213 Å². The second-order valence-electron chi connectivity index (χ2n) is 10.3. The number of hydrogen-bond donors (Lipinski definition) is 0. The summed E-state index contributed by atoms with van der Waals surface area (Å²) >= 11 is -3.05. The predicted molar refractivity (Wildman–Crippen MR) is 127 cm³/mol. The molecule has 0 aliphatic heterocycles. The average molecular weight is 618 g/mol. The molecule has 0 unspecified atom stereocenters. The number of alkyl halides is 3. The standard InChI is InChI=1S/C27H30F3IO3S/c1-25(2,3)19-10-14-22(15-11-19)31(23-16-12-20(13-17-23)26(4,5)6)34-35(32,33)24-9-7-8-21(18-24)27(28,29)30/h7-18H,1-6H3/q+1. The van der Waals surface area contributed by atoms with Crippen LogP contribution in [0.15, 0.2) is 77.7 Å². The molecule has 0 heterocycles. The van der Waals surface area contributed by atoms with Crippen molar-refractivity contribution in [2.45, 2.75) is 63.4 Å². The monoisotopic (exact) mass is 618 g/mol. The molecular weight excluding hydrogens is 588 g/mol. The molecule has 189 valence electrons. The first kappa shape index (κ1) is 27.7. The predicted octanol–water partition coefficient (Wildman–Crippen LogP) is 4.29. The molecule has 0 amide bonds. The molecule has 8 heteroatoms. The van der Waals surface area contributed by atoms with Crippen molar-refractivity contribution in [3.8, 4) is 0 Å². The van der Waals surface area contributed by atoms with Gasteiger partial charge in [-0.2, -0.15) is 21.6 Å². The number of hydrogen-bond acceptors (Lipinski definition) is 3. The highest BCUT2D eigenvalue weighted by Crippen LogP contribution is 2.30. The summed E-state index contributed by atoms with van der Waals surface area (Å²) < 4.78 is 73.2. The van der Waals surface area contributed by atoms with E-state index in [1.165, 1.54) is 0 Å². The second-order valence-corrected chi connectivity index (χ2v) is 16.8. The van der Waals surface area contributed by atoms with Crippen molar-refractivity contribution in [3.05, 3.63) is 96.6 Å². The molecule has 0 fully saturated rings. The van der Waals surface area contributed by atoms with E-state index in [0.717, 1.165) is 36.5 Å². The smallest absolute Gasteiger partial charge is 0.190 e. The third-order valence-corrected chi connectivity index (χ3v) is 12.7. The van der Waals surface area contributed by atoms with Gasteiger partial charge >= 0.3 is 36.5 Å². The van der Waals surface area contributed by atoms with E-state index in [-0.39, 0.29) is 10.8 Å². The van der Waals surface area contributed by atoms with Crippen LogP contribution < -0.4 is 20.2 Å². The molecule has 0 aliphatic carbocycles. The maximum atomic E-state index is 13.2. The molecule has 3 rings (SSSR count). The highest BCUT2D eigenvalue weighted by Gasteiger charge is 2.39. The minimum Gasteiger partial charge on any atom is -0.190 e. The van der Waals surface area contributed by atoms with Gasteiger partial charge in [-0.3, -0.25) is 0 Å². The van der Waals surface area contributed by atoms with Gasteiger partial charge in [0, 0.05) is 0 Å². The van der Waals surface area contributed by atoms with Crippen molar-refractivity contribution in [3.63, 3.8) is 0 Å². The molecule has 0 saturated carbocycles. The van der Waals surface area contributed by atoms with Crippen molar-refractivity contribution in [1.29, 1.82) is 0 Å². The Morgan fingerprint density at radius 2 is 1.09 bits per heavy atom. The van der Waals surface area contributed by atoms with Crippen molar-refractivity contribution < 1.29 is 44.3 Å². The second kappa shape index (κ2) is 9.86. The molecule has 0 N–H and O–H groups in total. The van der Waals surface area contributed by atoms with Crippen molar-refractivity contribution in [2.24, 2.45) is 0 Å². The van der Waals surface area contributed by atoms with Crippen LogP contribution in [0.1, 0.15) is 58.2 Å². The molecule has 0 bridgehead atoms. The molecule has 0 aliphatic rings. The molecule has 35 heavy (non-hydrogen) atoms. The van der Waals surface area contributed by atoms with Crippen molar-refractivity contribution in [2.75, 3.05) is 0 Å². The van der Waals surface area contributed by atoms with Crippen molar-refractivity contribution in [1.82, 2.24) is 0 Å². The van der Waals surface area contributed by atoms with E-state index < -0.39 is 47.0 Å². The van der Waals surface area contributed by atoms with Gasteiger partial charge in [-0.1, -0.05) is 71.9 Å². The largest absolute Gasteiger partial charge is 0.416 e. The quantitative estimate of drug-likeness (QED) is 0.401. The van der Waals surface area contributed by atoms with E-state index in [1.54, 1.807) is 0 Å². The normalized spacial score (nSPS) is 13.3. The van der Waals surface area contributed by atoms with Gasteiger partial charge in [0.2, 0.25) is 0 Å². The molecule has 0 spiro atoms. The third-order valence-electron chi connectivity index (χ3n) is 5.41. The van der Waals surface area contributed by atoms with Gasteiger partial charge < -0.3 is 0 Å². The maximum Gasteiger partial charge on any atom is 0.416 e. The van der Waals surface area contributed by atoms with Crippen LogP contribution >= 0.6 is 0 Å². The summed E-state index contributed by atoms with van der Waals surface area (Å²) in [6.45, 7) is 12.5. The average Bonchev–Trinajstić information content (AvgIpc) is 2.76. The van der Waals surface area contributed by atoms with E-state index in [0.29, 0.717) is 6.07 Å². The van der Waals surface area contributed by atoms with Gasteiger partial charge in [0.05, 0.1) is 10.5 Å². The van der Waals surface area contributed by atoms with E-state index >= 15 is 0 Å². The topological polar surface area (TPSA) is 43.4 Å². The lowest BCUT2D eigenvalue weighted by Gasteiger charge is -2.19. The number of benzene rings is 3. The minimum absolute atomic E-state index is 0.0864. The Balaban J connectivity index is 2.06. The molecule has 1 radical (unpaired) electrons. The van der Waals surface area contributed by atoms with Crippen LogP contribution in [0.3, 0.4) is 0 Å². The Hall–Kier alpha value is -1.91. The van der Waals surface area contributed by atoms with Gasteiger partial charge in [-0.05, 0) is 66.9 Å². The molecule has 0 saturated heterocycles. The van der Waals surface area contributed by atoms with Crippen LogP contribution in [0.25, 0.3) is 0 Å². The lowest BCUT2D eigenvalue weighted by molar-refractivity contribution is -1.03. The molecule has 3 nitrogen and oxygen atoms in total. The Morgan fingerprint density at radius 1 is 0.657 bits per heavy atom. The lowest BCUT2D eigenvalue weighted by atomic mass is 9.87. The lowest BCUT2D eigenvalue weighted by Crippen LogP contribution is -3.85. The SMILES string of the molecule is CC(C)(C)c1ccc([I+](OS(=O)(=O)c2cccc(C(F)(F)F)c2)c2ccc(C(C)(C)C)cc2)cc1. The van der Waals surface area contributed by atoms with Gasteiger partial charge in [-0.25, -0.2) is 0 Å². The van der Waals surface area contributed by atoms with E-state index in [2.05, 4.69) is 41.5 Å². The summed E-state index contributed by atoms with van der Waals surface area (Å²) in [6, 6.07) is 18.9. The van der Waals surface area contributed by atoms with Gasteiger partial charge in [-0.15, -0.1) is 0 Å². The van der Waals surface area contributed by atoms with Crippen LogP contribution in [-0.4, -0.2) is 8.42 Å². The van der Waals surface area contributed by atoms with E-state index in [9.17, 15) is 21.6 Å². The maximum absolute atomic E-state index is 13.2. The van der Waals surface area contributed by atoms with Gasteiger partial charge in [0.1, 0.15) is 0 Å². The Morgan fingerprint density at radius 3 is 1.46 bits per heavy atom. The fourth-order valence-electron chi connectivity index (χ4n) is 3.27. The zero-order valence-corrected chi connectivity index (χ0v) is 23.5. The zero-order chi connectivity index (χ0) is 26.2. The fourth-order valence-corrected chi connectivity index (χ4v) is 10.2. The Kier molecular flexibility index (Phi) is 7.80. The summed E-state index contributed by atoms with van der Waals surface area (Å²) in [5.74, 6) is 0. The van der Waals surface area contributed by atoms with Crippen LogP contribution in [0.5, 0.6) is 0 Å². The van der Waals surface area contributed by atoms with Crippen LogP contribution in [0.4, 0.5) is 13.2 Å². The van der Waals surface area contributed by atoms with E-state index in [4.69, 9.17) is 2.51 Å². The molecule has 0 aromatic heterocycles. The minimum atomic E-state index is -4.66. The Bertz CT molecular complexity index is 1210. The zero-order valence-electron chi connectivity index (χ0n) is 20.6. The molecule has 0 atom stereocenters. The van der Waals surface area contributed by atoms with Gasteiger partial charge in [0.25, 0.3) is 0 Å². The summed E-state index contributed by atoms with van der Waals surface area (Å²) in [6.07, 6.45) is -4.66. The summed E-state index contributed by atoms with van der Waals surface area (Å²) in [7, 11) is -4.45. The molecular formula is C27H30F3IO3S+. The van der Waals surface area contributed by atoms with Gasteiger partial charge in [0.15, 0.2) is 7.14 Å². The highest BCUT2D eigenvalue weighted by molar-refractivity contribution is 7.86. The highest BCUT2D eigenvalue weighted by atomic mass is 127. The summed E-state index contributed by atoms with van der Waals surface area (Å²) in [5, 5.41) is 0. The van der Waals surface area contributed by atoms with Crippen LogP contribution in [0.2, 0.25) is 0 Å². The number of rotatable bonds is 5. The fraction of sp³-hybridized carbons (Fsp3) is 0.333. The van der Waals surface area contributed by atoms with E-state index in [1.807, 2.05) is 48.5 Å². The first-order valence-electron chi connectivity index (χ1n) is 11.0. The molecule has 3 aromatic rings. The summed E-state index contributed by atoms with van der Waals surface area (Å²) in [5.41, 5.74) is 0.960. The molecule has 3 aromatic carbocycles. The third kappa shape index (κ3) is 6.86. The first-order valence-corrected chi connectivity index (χ1v) is 15.5. The van der Waals surface area contributed by atoms with Crippen LogP contribution in [0, 0.1) is 7.14 Å². The van der Waals surface area contributed by atoms with Crippen molar-refractivity contribution >= 4 is 10.1 Å².